The van der Waals surface area contributed by atoms with Gasteiger partial charge in [-0.1, -0.05) is 12.1 Å². The number of ether oxygens (including phenoxy) is 1. The van der Waals surface area contributed by atoms with Gasteiger partial charge in [0.1, 0.15) is 7.11 Å². The SMILES string of the molecule is CO/N=C1\CCC2C3CCc4cc(O)c(OC)cc4C3CCC12C. The summed E-state index contributed by atoms with van der Waals surface area (Å²) in [4.78, 5) is 5.12. The zero-order valence-corrected chi connectivity index (χ0v) is 14.8. The predicted octanol–water partition coefficient (Wildman–Crippen LogP) is 4.26. The summed E-state index contributed by atoms with van der Waals surface area (Å²) in [5.41, 5.74) is 4.18. The maximum Gasteiger partial charge on any atom is 0.160 e. The molecular weight excluding hydrogens is 302 g/mol. The number of aromatic hydroxyl groups is 1. The van der Waals surface area contributed by atoms with Crippen LogP contribution in [0.4, 0.5) is 0 Å². The van der Waals surface area contributed by atoms with Crippen LogP contribution < -0.4 is 4.74 Å². The van der Waals surface area contributed by atoms with Crippen molar-refractivity contribution in [2.45, 2.75) is 51.4 Å². The van der Waals surface area contributed by atoms with Crippen LogP contribution in [-0.2, 0) is 11.3 Å². The van der Waals surface area contributed by atoms with Gasteiger partial charge in [-0.25, -0.2) is 0 Å². The quantitative estimate of drug-likeness (QED) is 0.825. The molecule has 3 aliphatic carbocycles. The van der Waals surface area contributed by atoms with Gasteiger partial charge in [0.15, 0.2) is 11.5 Å². The molecule has 4 nitrogen and oxygen atoms in total. The highest BCUT2D eigenvalue weighted by Gasteiger charge is 2.53. The summed E-state index contributed by atoms with van der Waals surface area (Å²) in [5, 5.41) is 14.5. The molecule has 1 aromatic carbocycles. The number of nitrogens with zero attached hydrogens (tertiary/aromatic N) is 1. The van der Waals surface area contributed by atoms with Gasteiger partial charge in [-0.05, 0) is 79.5 Å². The molecule has 130 valence electrons. The van der Waals surface area contributed by atoms with E-state index in [2.05, 4.69) is 18.1 Å². The molecule has 24 heavy (non-hydrogen) atoms. The summed E-state index contributed by atoms with van der Waals surface area (Å²) >= 11 is 0. The summed E-state index contributed by atoms with van der Waals surface area (Å²) in [6.45, 7) is 2.39. The van der Waals surface area contributed by atoms with Gasteiger partial charge in [0.25, 0.3) is 0 Å². The molecule has 2 fully saturated rings. The zero-order valence-electron chi connectivity index (χ0n) is 14.8. The number of phenols is 1. The second kappa shape index (κ2) is 5.68. The van der Waals surface area contributed by atoms with Gasteiger partial charge in [0, 0.05) is 5.41 Å². The lowest BCUT2D eigenvalue weighted by Gasteiger charge is -2.49. The van der Waals surface area contributed by atoms with E-state index in [0.29, 0.717) is 23.5 Å². The van der Waals surface area contributed by atoms with Crippen LogP contribution in [0.25, 0.3) is 0 Å². The molecule has 0 aromatic heterocycles. The van der Waals surface area contributed by atoms with Crippen molar-refractivity contribution < 1.29 is 14.7 Å². The van der Waals surface area contributed by atoms with E-state index in [1.807, 2.05) is 6.07 Å². The monoisotopic (exact) mass is 329 g/mol. The molecule has 3 aliphatic rings. The first-order valence-electron chi connectivity index (χ1n) is 9.08. The van der Waals surface area contributed by atoms with Crippen molar-refractivity contribution in [3.8, 4) is 11.5 Å². The Kier molecular flexibility index (Phi) is 3.74. The molecular formula is C20H27NO3. The second-order valence-electron chi connectivity index (χ2n) is 7.85. The number of rotatable bonds is 2. The standard InChI is InChI=1S/C20H27NO3/c1-20-9-8-13-14(16(20)6-7-19(20)21-24-3)5-4-12-10-17(22)18(23-2)11-15(12)13/h10-11,13-14,16,22H,4-9H2,1-3H3/b21-19+. The van der Waals surface area contributed by atoms with Crippen molar-refractivity contribution in [1.82, 2.24) is 0 Å². The smallest absolute Gasteiger partial charge is 0.160 e. The van der Waals surface area contributed by atoms with Gasteiger partial charge < -0.3 is 14.7 Å². The predicted molar refractivity (Wildman–Crippen MR) is 93.7 cm³/mol. The summed E-state index contributed by atoms with van der Waals surface area (Å²) in [5.74, 6) is 2.86. The number of oxime groups is 1. The Bertz CT molecular complexity index is 684. The molecule has 4 atom stereocenters. The maximum absolute atomic E-state index is 10.1. The summed E-state index contributed by atoms with van der Waals surface area (Å²) in [7, 11) is 3.29. The first kappa shape index (κ1) is 15.8. The third kappa shape index (κ3) is 2.15. The largest absolute Gasteiger partial charge is 0.504 e. The van der Waals surface area contributed by atoms with E-state index in [1.54, 1.807) is 14.2 Å². The van der Waals surface area contributed by atoms with Crippen LogP contribution in [0.1, 0.15) is 56.1 Å². The minimum atomic E-state index is 0.204. The number of hydrogen-bond donors (Lipinski definition) is 1. The first-order chi connectivity index (χ1) is 11.6. The molecule has 2 saturated carbocycles. The zero-order chi connectivity index (χ0) is 16.9. The Labute approximate surface area is 143 Å². The fraction of sp³-hybridized carbons (Fsp3) is 0.650. The van der Waals surface area contributed by atoms with E-state index >= 15 is 0 Å². The molecule has 0 aliphatic heterocycles. The van der Waals surface area contributed by atoms with Crippen LogP contribution in [0.2, 0.25) is 0 Å². The fourth-order valence-corrected chi connectivity index (χ4v) is 5.80. The maximum atomic E-state index is 10.1. The molecule has 4 rings (SSSR count). The average Bonchev–Trinajstić information content (AvgIpc) is 2.91. The van der Waals surface area contributed by atoms with Gasteiger partial charge in [-0.2, -0.15) is 0 Å². The van der Waals surface area contributed by atoms with E-state index in [1.165, 1.54) is 42.5 Å². The second-order valence-corrected chi connectivity index (χ2v) is 7.85. The van der Waals surface area contributed by atoms with E-state index in [4.69, 9.17) is 9.57 Å². The van der Waals surface area contributed by atoms with E-state index in [0.717, 1.165) is 12.8 Å². The topological polar surface area (TPSA) is 51.0 Å². The van der Waals surface area contributed by atoms with Crippen molar-refractivity contribution in [3.63, 3.8) is 0 Å². The summed E-state index contributed by atoms with van der Waals surface area (Å²) in [6, 6.07) is 4.01. The van der Waals surface area contributed by atoms with Crippen LogP contribution in [0.3, 0.4) is 0 Å². The van der Waals surface area contributed by atoms with Crippen LogP contribution in [0.15, 0.2) is 17.3 Å². The van der Waals surface area contributed by atoms with Crippen LogP contribution in [0.5, 0.6) is 11.5 Å². The number of phenolic OH excluding ortho intramolecular Hbond substituents is 1. The third-order valence-electron chi connectivity index (χ3n) is 6.97. The average molecular weight is 329 g/mol. The molecule has 4 heteroatoms. The van der Waals surface area contributed by atoms with Crippen molar-refractivity contribution >= 4 is 5.71 Å². The highest BCUT2D eigenvalue weighted by atomic mass is 16.6. The van der Waals surface area contributed by atoms with Crippen LogP contribution >= 0.6 is 0 Å². The molecule has 1 N–H and O–H groups in total. The van der Waals surface area contributed by atoms with Crippen molar-refractivity contribution in [1.29, 1.82) is 0 Å². The molecule has 1 aromatic rings. The van der Waals surface area contributed by atoms with Crippen LogP contribution in [0, 0.1) is 17.3 Å². The van der Waals surface area contributed by atoms with E-state index in [9.17, 15) is 5.11 Å². The van der Waals surface area contributed by atoms with Gasteiger partial charge in [-0.15, -0.1) is 0 Å². The Morgan fingerprint density at radius 3 is 2.75 bits per heavy atom. The Hall–Kier alpha value is -1.71. The summed E-state index contributed by atoms with van der Waals surface area (Å²) < 4.78 is 5.36. The number of benzene rings is 1. The first-order valence-corrected chi connectivity index (χ1v) is 9.08. The van der Waals surface area contributed by atoms with Crippen molar-refractivity contribution in [2.24, 2.45) is 22.4 Å². The van der Waals surface area contributed by atoms with Crippen molar-refractivity contribution in [3.05, 3.63) is 23.3 Å². The van der Waals surface area contributed by atoms with Crippen molar-refractivity contribution in [2.75, 3.05) is 14.2 Å². The lowest BCUT2D eigenvalue weighted by atomic mass is 9.55. The molecule has 0 bridgehead atoms. The summed E-state index contributed by atoms with van der Waals surface area (Å²) in [6.07, 6.45) is 6.92. The fourth-order valence-electron chi connectivity index (χ4n) is 5.80. The lowest BCUT2D eigenvalue weighted by Crippen LogP contribution is -2.42. The highest BCUT2D eigenvalue weighted by molar-refractivity contribution is 5.92. The van der Waals surface area contributed by atoms with Crippen LogP contribution in [-0.4, -0.2) is 25.0 Å². The number of methoxy groups -OCH3 is 1. The molecule has 0 spiro atoms. The lowest BCUT2D eigenvalue weighted by molar-refractivity contribution is 0.0923. The van der Waals surface area contributed by atoms with Gasteiger partial charge in [0.2, 0.25) is 0 Å². The Morgan fingerprint density at radius 2 is 2.00 bits per heavy atom. The highest BCUT2D eigenvalue weighted by Crippen LogP contribution is 2.60. The van der Waals surface area contributed by atoms with Gasteiger partial charge in [-0.3, -0.25) is 0 Å². The minimum Gasteiger partial charge on any atom is -0.504 e. The van der Waals surface area contributed by atoms with E-state index in [-0.39, 0.29) is 11.2 Å². The Morgan fingerprint density at radius 1 is 1.17 bits per heavy atom. The van der Waals surface area contributed by atoms with Gasteiger partial charge >= 0.3 is 0 Å². The minimum absolute atomic E-state index is 0.204. The molecule has 4 unspecified atom stereocenters. The molecule has 0 amide bonds. The molecule has 0 heterocycles. The number of fused-ring (bicyclic) bond motifs is 5. The number of hydrogen-bond acceptors (Lipinski definition) is 4. The third-order valence-corrected chi connectivity index (χ3v) is 6.97. The van der Waals surface area contributed by atoms with Gasteiger partial charge in [0.05, 0.1) is 12.8 Å². The molecule has 0 saturated heterocycles. The molecule has 0 radical (unpaired) electrons. The normalized spacial score (nSPS) is 36.0. The van der Waals surface area contributed by atoms with E-state index < -0.39 is 0 Å². The number of aryl methyl sites for hydroxylation is 1. The Balaban J connectivity index is 1.70.